The number of benzene rings is 2. The maximum absolute atomic E-state index is 6.92. The van der Waals surface area contributed by atoms with E-state index in [1.807, 2.05) is 47.5 Å². The Bertz CT molecular complexity index is 1100. The van der Waals surface area contributed by atoms with Crippen LogP contribution in [0, 0.1) is 0 Å². The fraction of sp³-hybridized carbons (Fsp3) is 0.182. The van der Waals surface area contributed by atoms with Gasteiger partial charge in [-0.15, -0.1) is 0 Å². The molecule has 4 aromatic rings. The molecule has 2 atom stereocenters. The molecule has 0 radical (unpaired) electrons. The van der Waals surface area contributed by atoms with Gasteiger partial charge in [-0.3, -0.25) is 0 Å². The van der Waals surface area contributed by atoms with E-state index in [4.69, 9.17) is 51.1 Å². The highest BCUT2D eigenvalue weighted by Gasteiger charge is 2.43. The Hall–Kier alpha value is -2.02. The monoisotopic (exact) mass is 494 g/mol. The third kappa shape index (κ3) is 4.09. The van der Waals surface area contributed by atoms with Crippen LogP contribution in [0.4, 0.5) is 0 Å². The molecule has 0 bridgehead atoms. The highest BCUT2D eigenvalue weighted by Crippen LogP contribution is 2.43. The first-order valence-electron chi connectivity index (χ1n) is 9.32. The zero-order chi connectivity index (χ0) is 22.2. The van der Waals surface area contributed by atoms with Gasteiger partial charge in [0.05, 0.1) is 22.7 Å². The number of hydrogen-bond acceptors (Lipinski definition) is 3. The second-order valence-electron chi connectivity index (χ2n) is 7.26. The molecule has 0 aliphatic rings. The summed E-state index contributed by atoms with van der Waals surface area (Å²) in [6.07, 6.45) is 10.3. The van der Waals surface area contributed by atoms with Gasteiger partial charge in [-0.05, 0) is 38.1 Å². The zero-order valence-electron chi connectivity index (χ0n) is 16.6. The maximum Gasteiger partial charge on any atom is 0.173 e. The van der Waals surface area contributed by atoms with E-state index in [1.165, 1.54) is 0 Å². The maximum atomic E-state index is 6.92. The summed E-state index contributed by atoms with van der Waals surface area (Å²) in [5.41, 5.74) is -0.763. The second-order valence-corrected chi connectivity index (χ2v) is 8.94. The van der Waals surface area contributed by atoms with Crippen LogP contribution < -0.4 is 0 Å². The lowest BCUT2D eigenvalue weighted by atomic mass is 9.99. The summed E-state index contributed by atoms with van der Waals surface area (Å²) < 4.78 is 10.6. The van der Waals surface area contributed by atoms with Crippen molar-refractivity contribution in [2.75, 3.05) is 0 Å². The minimum absolute atomic E-state index is 0.457. The van der Waals surface area contributed by atoms with E-state index >= 15 is 0 Å². The van der Waals surface area contributed by atoms with Crippen molar-refractivity contribution in [3.63, 3.8) is 0 Å². The molecule has 2 heterocycles. The summed E-state index contributed by atoms with van der Waals surface area (Å²) in [7, 11) is 0. The van der Waals surface area contributed by atoms with Crippen molar-refractivity contribution < 1.29 is 4.74 Å². The zero-order valence-corrected chi connectivity index (χ0v) is 19.7. The van der Waals surface area contributed by atoms with Gasteiger partial charge in [-0.1, -0.05) is 58.5 Å². The van der Waals surface area contributed by atoms with Crippen molar-refractivity contribution in [3.05, 3.63) is 105 Å². The first kappa shape index (κ1) is 22.2. The minimum Gasteiger partial charge on any atom is -0.321 e. The van der Waals surface area contributed by atoms with Gasteiger partial charge in [-0.25, -0.2) is 9.97 Å². The summed E-state index contributed by atoms with van der Waals surface area (Å²) in [6.45, 7) is 3.81. The van der Waals surface area contributed by atoms with Crippen molar-refractivity contribution in [2.24, 2.45) is 0 Å². The van der Waals surface area contributed by atoms with Crippen molar-refractivity contribution in [3.8, 4) is 0 Å². The number of halogens is 4. The van der Waals surface area contributed by atoms with E-state index in [-0.39, 0.29) is 0 Å². The van der Waals surface area contributed by atoms with E-state index < -0.39 is 11.4 Å². The third-order valence-corrected chi connectivity index (χ3v) is 6.35. The van der Waals surface area contributed by atoms with Gasteiger partial charge in [0.2, 0.25) is 0 Å². The molecule has 160 valence electrons. The standard InChI is InChI=1S/C22H18Cl4N4O/c1-21(29-9-7-27-13-29,17-5-3-15(23)11-19(17)25)31-22(2,30-10-8-28-14-30)18-6-4-16(24)12-20(18)26/h3-14H,1-2H3. The smallest absolute Gasteiger partial charge is 0.173 e. The number of rotatable bonds is 6. The minimum atomic E-state index is -1.08. The lowest BCUT2D eigenvalue weighted by molar-refractivity contribution is -0.181. The number of hydrogen-bond donors (Lipinski definition) is 0. The number of nitrogens with zero attached hydrogens (tertiary/aromatic N) is 4. The Labute approximate surface area is 200 Å². The lowest BCUT2D eigenvalue weighted by Crippen LogP contribution is -2.46. The summed E-state index contributed by atoms with van der Waals surface area (Å²) in [5, 5.41) is 1.97. The Morgan fingerprint density at radius 1 is 0.710 bits per heavy atom. The molecule has 0 spiro atoms. The molecule has 5 nitrogen and oxygen atoms in total. The molecular weight excluding hydrogens is 478 g/mol. The number of aromatic nitrogens is 4. The van der Waals surface area contributed by atoms with E-state index in [1.54, 1.807) is 49.3 Å². The molecule has 0 aliphatic carbocycles. The summed E-state index contributed by atoms with van der Waals surface area (Å²) in [4.78, 5) is 8.41. The van der Waals surface area contributed by atoms with Crippen LogP contribution in [0.1, 0.15) is 25.0 Å². The van der Waals surface area contributed by atoms with Crippen LogP contribution in [-0.2, 0) is 16.2 Å². The molecule has 31 heavy (non-hydrogen) atoms. The topological polar surface area (TPSA) is 44.9 Å². The lowest BCUT2D eigenvalue weighted by Gasteiger charge is -2.42. The molecule has 0 fully saturated rings. The van der Waals surface area contributed by atoms with Gasteiger partial charge in [0.15, 0.2) is 11.4 Å². The average molecular weight is 496 g/mol. The quantitative estimate of drug-likeness (QED) is 0.293. The summed E-state index contributed by atoms with van der Waals surface area (Å²) >= 11 is 25.5. The van der Waals surface area contributed by atoms with E-state index in [0.29, 0.717) is 31.2 Å². The second kappa shape index (κ2) is 8.49. The Kier molecular flexibility index (Phi) is 6.08. The molecule has 0 aliphatic heterocycles. The Morgan fingerprint density at radius 3 is 1.45 bits per heavy atom. The predicted octanol–water partition coefficient (Wildman–Crippen LogP) is 6.85. The summed E-state index contributed by atoms with van der Waals surface area (Å²) in [6, 6.07) is 10.6. The molecule has 0 saturated heterocycles. The third-order valence-electron chi connectivity index (χ3n) is 5.25. The molecule has 0 amide bonds. The first-order valence-corrected chi connectivity index (χ1v) is 10.8. The largest absolute Gasteiger partial charge is 0.321 e. The van der Waals surface area contributed by atoms with E-state index in [9.17, 15) is 0 Å². The SMILES string of the molecule is CC(OC(C)(c1ccc(Cl)cc1Cl)n1ccnc1)(c1ccc(Cl)cc1Cl)n1ccnc1. The predicted molar refractivity (Wildman–Crippen MR) is 124 cm³/mol. The molecule has 2 unspecified atom stereocenters. The fourth-order valence-corrected chi connectivity index (χ4v) is 4.80. The average Bonchev–Trinajstić information content (AvgIpc) is 3.42. The molecule has 2 aromatic heterocycles. The van der Waals surface area contributed by atoms with Gasteiger partial charge in [-0.2, -0.15) is 0 Å². The molecule has 0 N–H and O–H groups in total. The van der Waals surface area contributed by atoms with E-state index in [0.717, 1.165) is 0 Å². The molecule has 0 saturated carbocycles. The number of imidazole rings is 2. The summed E-state index contributed by atoms with van der Waals surface area (Å²) in [5.74, 6) is 0. The van der Waals surface area contributed by atoms with Gasteiger partial charge < -0.3 is 13.9 Å². The van der Waals surface area contributed by atoms with Crippen LogP contribution in [0.25, 0.3) is 0 Å². The van der Waals surface area contributed by atoms with Crippen molar-refractivity contribution in [1.82, 2.24) is 19.1 Å². The normalized spacial score (nSPS) is 15.4. The van der Waals surface area contributed by atoms with Gasteiger partial charge in [0, 0.05) is 46.0 Å². The number of ether oxygens (including phenoxy) is 1. The molecule has 4 rings (SSSR count). The Balaban J connectivity index is 1.94. The van der Waals surface area contributed by atoms with Gasteiger partial charge in [0.1, 0.15) is 0 Å². The van der Waals surface area contributed by atoms with Crippen LogP contribution >= 0.6 is 46.4 Å². The van der Waals surface area contributed by atoms with Crippen LogP contribution in [0.2, 0.25) is 20.1 Å². The van der Waals surface area contributed by atoms with Crippen molar-refractivity contribution >= 4 is 46.4 Å². The van der Waals surface area contributed by atoms with E-state index in [2.05, 4.69) is 9.97 Å². The van der Waals surface area contributed by atoms with Crippen LogP contribution in [0.5, 0.6) is 0 Å². The first-order chi connectivity index (χ1) is 14.7. The van der Waals surface area contributed by atoms with Gasteiger partial charge >= 0.3 is 0 Å². The highest BCUT2D eigenvalue weighted by molar-refractivity contribution is 6.35. The molecular formula is C22H18Cl4N4O. The molecule has 9 heteroatoms. The van der Waals surface area contributed by atoms with Crippen molar-refractivity contribution in [1.29, 1.82) is 0 Å². The highest BCUT2D eigenvalue weighted by atomic mass is 35.5. The van der Waals surface area contributed by atoms with Crippen LogP contribution in [-0.4, -0.2) is 19.1 Å². The van der Waals surface area contributed by atoms with Crippen LogP contribution in [0.15, 0.2) is 73.8 Å². The fourth-order valence-electron chi connectivity index (χ4n) is 3.63. The van der Waals surface area contributed by atoms with Gasteiger partial charge in [0.25, 0.3) is 0 Å². The molecule has 2 aromatic carbocycles. The Morgan fingerprint density at radius 2 is 1.13 bits per heavy atom. The van der Waals surface area contributed by atoms with Crippen LogP contribution in [0.3, 0.4) is 0 Å². The van der Waals surface area contributed by atoms with Crippen molar-refractivity contribution in [2.45, 2.75) is 25.3 Å².